The van der Waals surface area contributed by atoms with E-state index in [0.29, 0.717) is 56.2 Å². The Bertz CT molecular complexity index is 1130. The number of hydrogen-bond donors (Lipinski definition) is 1. The lowest BCUT2D eigenvalue weighted by atomic mass is 9.98. The van der Waals surface area contributed by atoms with Crippen molar-refractivity contribution in [3.63, 3.8) is 0 Å². The van der Waals surface area contributed by atoms with Crippen LogP contribution in [0.25, 0.3) is 10.2 Å². The molecule has 0 radical (unpaired) electrons. The minimum absolute atomic E-state index is 0.152. The minimum Gasteiger partial charge on any atom is -0.380 e. The van der Waals surface area contributed by atoms with E-state index in [1.54, 1.807) is 0 Å². The van der Waals surface area contributed by atoms with Gasteiger partial charge in [-0.3, -0.25) is 9.59 Å². The molecule has 2 heterocycles. The van der Waals surface area contributed by atoms with Gasteiger partial charge in [-0.2, -0.15) is 4.99 Å². The molecule has 1 aromatic heterocycles. The molecule has 1 N–H and O–H groups in total. The maximum absolute atomic E-state index is 12.9. The molecule has 1 aliphatic rings. The Hall–Kier alpha value is -2.08. The van der Waals surface area contributed by atoms with E-state index in [-0.39, 0.29) is 17.7 Å². The Morgan fingerprint density at radius 1 is 1.29 bits per heavy atom. The second kappa shape index (κ2) is 10.0. The van der Waals surface area contributed by atoms with Crippen LogP contribution >= 0.6 is 11.3 Å². The van der Waals surface area contributed by atoms with Crippen molar-refractivity contribution in [2.75, 3.05) is 37.9 Å². The number of sulfonamides is 1. The largest absolute Gasteiger partial charge is 0.380 e. The van der Waals surface area contributed by atoms with Crippen molar-refractivity contribution < 1.29 is 22.7 Å². The van der Waals surface area contributed by atoms with Gasteiger partial charge in [-0.25, -0.2) is 12.7 Å². The van der Waals surface area contributed by atoms with Gasteiger partial charge in [0, 0.05) is 44.8 Å². The number of hydrogen-bond acceptors (Lipinski definition) is 6. The smallest absolute Gasteiger partial charge is 0.251 e. The van der Waals surface area contributed by atoms with Gasteiger partial charge in [0.05, 0.1) is 23.1 Å². The van der Waals surface area contributed by atoms with Crippen LogP contribution in [0.5, 0.6) is 0 Å². The maximum Gasteiger partial charge on any atom is 0.251 e. The molecule has 9 nitrogen and oxygen atoms in total. The number of thiazole rings is 1. The molecule has 2 aromatic rings. The van der Waals surface area contributed by atoms with Gasteiger partial charge >= 0.3 is 0 Å². The number of piperidine rings is 1. The molecule has 3 rings (SSSR count). The van der Waals surface area contributed by atoms with E-state index in [0.717, 1.165) is 10.2 Å². The summed E-state index contributed by atoms with van der Waals surface area (Å²) in [5.74, 6) is -0.675. The van der Waals surface area contributed by atoms with E-state index in [1.807, 2.05) is 29.7 Å². The van der Waals surface area contributed by atoms with Crippen LogP contribution in [0.1, 0.15) is 26.7 Å². The van der Waals surface area contributed by atoms with Gasteiger partial charge in [0.1, 0.15) is 0 Å². The summed E-state index contributed by atoms with van der Waals surface area (Å²) in [6.07, 6.45) is 2.12. The van der Waals surface area contributed by atoms with E-state index in [9.17, 15) is 18.0 Å². The fourth-order valence-electron chi connectivity index (χ4n) is 3.58. The van der Waals surface area contributed by atoms with Crippen LogP contribution in [0.2, 0.25) is 0 Å². The first-order chi connectivity index (χ1) is 14.7. The Kier molecular flexibility index (Phi) is 7.63. The molecule has 1 saturated heterocycles. The highest BCUT2D eigenvalue weighted by Gasteiger charge is 2.29. The molecule has 0 spiro atoms. The number of nitrogens with one attached hydrogen (secondary N) is 1. The summed E-state index contributed by atoms with van der Waals surface area (Å²) in [6, 6.07) is 5.59. The first-order valence-electron chi connectivity index (χ1n) is 10.2. The second-order valence-electron chi connectivity index (χ2n) is 7.48. The van der Waals surface area contributed by atoms with Crippen molar-refractivity contribution in [1.29, 1.82) is 0 Å². The standard InChI is InChI=1S/C20H28N4O5S2/c1-4-29-12-11-24-17-6-5-16(21-14(2)25)13-18(17)30-20(24)22-19(26)15-7-9-23(10-8-15)31(3,27)28/h5-6,13,15H,4,7-12H2,1-3H3,(H,21,25). The van der Waals surface area contributed by atoms with Gasteiger partial charge in [-0.1, -0.05) is 11.3 Å². The molecular weight excluding hydrogens is 440 g/mol. The number of aromatic nitrogens is 1. The Labute approximate surface area is 185 Å². The molecule has 0 bridgehead atoms. The highest BCUT2D eigenvalue weighted by atomic mass is 32.2. The third-order valence-electron chi connectivity index (χ3n) is 5.14. The van der Waals surface area contributed by atoms with Crippen molar-refractivity contribution in [3.05, 3.63) is 23.0 Å². The maximum atomic E-state index is 12.9. The fraction of sp³-hybridized carbons (Fsp3) is 0.550. The summed E-state index contributed by atoms with van der Waals surface area (Å²) in [7, 11) is -3.24. The van der Waals surface area contributed by atoms with Crippen LogP contribution in [0.4, 0.5) is 5.69 Å². The first-order valence-corrected chi connectivity index (χ1v) is 12.9. The molecule has 2 amide bonds. The van der Waals surface area contributed by atoms with E-state index in [2.05, 4.69) is 10.3 Å². The lowest BCUT2D eigenvalue weighted by Gasteiger charge is -2.28. The topological polar surface area (TPSA) is 110 Å². The van der Waals surface area contributed by atoms with Gasteiger partial charge in [0.2, 0.25) is 15.9 Å². The molecule has 11 heteroatoms. The molecule has 0 unspecified atom stereocenters. The second-order valence-corrected chi connectivity index (χ2v) is 10.5. The van der Waals surface area contributed by atoms with Crippen LogP contribution in [0, 0.1) is 5.92 Å². The average molecular weight is 469 g/mol. The molecular formula is C20H28N4O5S2. The van der Waals surface area contributed by atoms with Crippen LogP contribution in [0.3, 0.4) is 0 Å². The summed E-state index contributed by atoms with van der Waals surface area (Å²) >= 11 is 1.38. The molecule has 0 saturated carbocycles. The number of amides is 2. The van der Waals surface area contributed by atoms with Gasteiger partial charge in [0.15, 0.2) is 4.80 Å². The summed E-state index contributed by atoms with van der Waals surface area (Å²) < 4.78 is 33.1. The van der Waals surface area contributed by atoms with Crippen molar-refractivity contribution in [1.82, 2.24) is 8.87 Å². The number of anilines is 1. The van der Waals surface area contributed by atoms with Crippen LogP contribution in [0.15, 0.2) is 23.2 Å². The summed E-state index contributed by atoms with van der Waals surface area (Å²) in [6.45, 7) is 5.68. The molecule has 1 aromatic carbocycles. The van der Waals surface area contributed by atoms with E-state index < -0.39 is 10.0 Å². The zero-order valence-electron chi connectivity index (χ0n) is 18.0. The van der Waals surface area contributed by atoms with E-state index >= 15 is 0 Å². The van der Waals surface area contributed by atoms with Gasteiger partial charge in [-0.15, -0.1) is 0 Å². The van der Waals surface area contributed by atoms with Crippen molar-refractivity contribution in [2.24, 2.45) is 10.9 Å². The average Bonchev–Trinajstić information content (AvgIpc) is 3.03. The number of carbonyl (C=O) groups excluding carboxylic acids is 2. The minimum atomic E-state index is -3.24. The normalized spacial score (nSPS) is 16.7. The van der Waals surface area contributed by atoms with Crippen molar-refractivity contribution >= 4 is 49.1 Å². The monoisotopic (exact) mass is 468 g/mol. The number of nitrogens with zero attached hydrogens (tertiary/aromatic N) is 3. The van der Waals surface area contributed by atoms with Crippen molar-refractivity contribution in [3.8, 4) is 0 Å². The molecule has 170 valence electrons. The van der Waals surface area contributed by atoms with Gasteiger partial charge < -0.3 is 14.6 Å². The number of ether oxygens (including phenoxy) is 1. The van der Waals surface area contributed by atoms with Crippen LogP contribution in [-0.4, -0.2) is 61.7 Å². The Balaban J connectivity index is 1.89. The van der Waals surface area contributed by atoms with Crippen molar-refractivity contribution in [2.45, 2.75) is 33.2 Å². The zero-order chi connectivity index (χ0) is 22.6. The number of benzene rings is 1. The van der Waals surface area contributed by atoms with Gasteiger partial charge in [0.25, 0.3) is 5.91 Å². The quantitative estimate of drug-likeness (QED) is 0.623. The molecule has 0 atom stereocenters. The lowest BCUT2D eigenvalue weighted by molar-refractivity contribution is -0.123. The molecule has 1 fully saturated rings. The SMILES string of the molecule is CCOCCn1c(=NC(=O)C2CCN(S(C)(=O)=O)CC2)sc2cc(NC(C)=O)ccc21. The summed E-state index contributed by atoms with van der Waals surface area (Å²) in [4.78, 5) is 29.2. The van der Waals surface area contributed by atoms with E-state index in [4.69, 9.17) is 4.74 Å². The van der Waals surface area contributed by atoms with Gasteiger partial charge in [-0.05, 0) is 38.0 Å². The zero-order valence-corrected chi connectivity index (χ0v) is 19.6. The van der Waals surface area contributed by atoms with Crippen LogP contribution < -0.4 is 10.1 Å². The predicted molar refractivity (Wildman–Crippen MR) is 120 cm³/mol. The summed E-state index contributed by atoms with van der Waals surface area (Å²) in [5.41, 5.74) is 1.60. The van der Waals surface area contributed by atoms with E-state index in [1.165, 1.54) is 28.8 Å². The van der Waals surface area contributed by atoms with Crippen LogP contribution in [-0.2, 0) is 30.9 Å². The third kappa shape index (κ3) is 6.00. The highest BCUT2D eigenvalue weighted by Crippen LogP contribution is 2.23. The number of rotatable bonds is 7. The first kappa shape index (κ1) is 23.6. The molecule has 31 heavy (non-hydrogen) atoms. The Morgan fingerprint density at radius 3 is 2.61 bits per heavy atom. The number of fused-ring (bicyclic) bond motifs is 1. The molecule has 1 aliphatic heterocycles. The fourth-order valence-corrected chi connectivity index (χ4v) is 5.55. The third-order valence-corrected chi connectivity index (χ3v) is 7.49. The lowest BCUT2D eigenvalue weighted by Crippen LogP contribution is -2.39. The predicted octanol–water partition coefficient (Wildman–Crippen LogP) is 1.80. The highest BCUT2D eigenvalue weighted by molar-refractivity contribution is 7.88. The Morgan fingerprint density at radius 2 is 2.00 bits per heavy atom. The molecule has 0 aliphatic carbocycles. The summed E-state index contributed by atoms with van der Waals surface area (Å²) in [5, 5.41) is 2.77. The number of carbonyl (C=O) groups is 2.